The molecule has 0 aliphatic rings. The van der Waals surface area contributed by atoms with Crippen molar-refractivity contribution in [2.75, 3.05) is 18.1 Å². The van der Waals surface area contributed by atoms with Crippen LogP contribution in [-0.2, 0) is 19.1 Å². The van der Waals surface area contributed by atoms with E-state index in [9.17, 15) is 19.2 Å². The monoisotopic (exact) mass is 459 g/mol. The first-order valence-electron chi connectivity index (χ1n) is 10.1. The third kappa shape index (κ3) is 7.09. The van der Waals surface area contributed by atoms with Crippen LogP contribution in [0.5, 0.6) is 0 Å². The lowest BCUT2D eigenvalue weighted by Gasteiger charge is -2.24. The Kier molecular flexibility index (Phi) is 9.22. The zero-order valence-electron chi connectivity index (χ0n) is 17.9. The first kappa shape index (κ1) is 24.9. The number of ether oxygens (including phenoxy) is 1. The first-order valence-corrected chi connectivity index (χ1v) is 10.4. The Morgan fingerprint density at radius 2 is 1.66 bits per heavy atom. The van der Waals surface area contributed by atoms with Crippen molar-refractivity contribution in [3.63, 3.8) is 0 Å². The lowest BCUT2D eigenvalue weighted by molar-refractivity contribution is -0.150. The highest BCUT2D eigenvalue weighted by molar-refractivity contribution is 6.33. The van der Waals surface area contributed by atoms with Gasteiger partial charge in [0.15, 0.2) is 6.61 Å². The molecule has 0 bridgehead atoms. The summed E-state index contributed by atoms with van der Waals surface area (Å²) in [6, 6.07) is 14.1. The topological polar surface area (TPSA) is 119 Å². The number of hydrogen-bond donors (Lipinski definition) is 2. The second kappa shape index (κ2) is 11.9. The average molecular weight is 460 g/mol. The fourth-order valence-electron chi connectivity index (χ4n) is 2.89. The van der Waals surface area contributed by atoms with Crippen LogP contribution in [0.15, 0.2) is 54.6 Å². The van der Waals surface area contributed by atoms with Crippen molar-refractivity contribution in [2.45, 2.75) is 26.3 Å². The molecule has 0 radical (unpaired) electrons. The summed E-state index contributed by atoms with van der Waals surface area (Å²) in [5.41, 5.74) is 5.98. The molecule has 0 saturated heterocycles. The van der Waals surface area contributed by atoms with Gasteiger partial charge in [-0.2, -0.15) is 0 Å². The number of nitrogens with two attached hydrogens (primary N) is 1. The van der Waals surface area contributed by atoms with Gasteiger partial charge >= 0.3 is 5.97 Å². The number of halogens is 1. The number of carbonyl (C=O) groups is 4. The quantitative estimate of drug-likeness (QED) is 0.529. The maximum Gasteiger partial charge on any atom is 0.329 e. The van der Waals surface area contributed by atoms with Crippen molar-refractivity contribution in [2.24, 2.45) is 11.7 Å². The van der Waals surface area contributed by atoms with Gasteiger partial charge in [0.25, 0.3) is 11.8 Å². The number of nitrogens with one attached hydrogen (secondary N) is 1. The summed E-state index contributed by atoms with van der Waals surface area (Å²) in [6.07, 6.45) is -0.0446. The highest BCUT2D eigenvalue weighted by atomic mass is 35.5. The molecule has 8 nitrogen and oxygen atoms in total. The Morgan fingerprint density at radius 1 is 1.03 bits per heavy atom. The molecule has 3 amide bonds. The molecule has 0 fully saturated rings. The Morgan fingerprint density at radius 3 is 2.25 bits per heavy atom. The van der Waals surface area contributed by atoms with Gasteiger partial charge in [-0.05, 0) is 30.2 Å². The van der Waals surface area contributed by atoms with Gasteiger partial charge in [0.2, 0.25) is 5.91 Å². The molecule has 0 saturated carbocycles. The summed E-state index contributed by atoms with van der Waals surface area (Å²) < 4.78 is 5.21. The minimum absolute atomic E-state index is 0.0446. The number of amides is 3. The standard InChI is InChI=1S/C23H26ClN3O5/c1-15(2)21(26-22(30)17-10-6-7-11-18(17)24)23(31)32-14-20(29)27(13-12-19(25)28)16-8-4-3-5-9-16/h3-11,15,21H,12-14H2,1-2H3,(H2,25,28)(H,26,30)/t21-/m0/s1. The number of anilines is 1. The number of primary amides is 1. The van der Waals surface area contributed by atoms with Crippen LogP contribution in [0.25, 0.3) is 0 Å². The SMILES string of the molecule is CC(C)[C@H](NC(=O)c1ccccc1Cl)C(=O)OCC(=O)N(CCC(N)=O)c1ccccc1. The van der Waals surface area contributed by atoms with Crippen LogP contribution in [0.3, 0.4) is 0 Å². The summed E-state index contributed by atoms with van der Waals surface area (Å²) >= 11 is 6.05. The largest absolute Gasteiger partial charge is 0.454 e. The normalized spacial score (nSPS) is 11.5. The molecule has 0 aromatic heterocycles. The molecular weight excluding hydrogens is 434 g/mol. The minimum atomic E-state index is -0.984. The molecule has 2 aromatic carbocycles. The number of esters is 1. The van der Waals surface area contributed by atoms with E-state index in [1.807, 2.05) is 0 Å². The zero-order chi connectivity index (χ0) is 23.7. The third-order valence-corrected chi connectivity index (χ3v) is 4.94. The Hall–Kier alpha value is -3.39. The average Bonchev–Trinajstić information content (AvgIpc) is 2.76. The summed E-state index contributed by atoms with van der Waals surface area (Å²) in [7, 11) is 0. The fraction of sp³-hybridized carbons (Fsp3) is 0.304. The number of nitrogens with zero attached hydrogens (tertiary/aromatic N) is 1. The van der Waals surface area contributed by atoms with Gasteiger partial charge in [-0.15, -0.1) is 0 Å². The Bertz CT molecular complexity index is 965. The van der Waals surface area contributed by atoms with Gasteiger partial charge in [0.05, 0.1) is 10.6 Å². The highest BCUT2D eigenvalue weighted by Gasteiger charge is 2.28. The van der Waals surface area contributed by atoms with Crippen LogP contribution in [0.2, 0.25) is 5.02 Å². The lowest BCUT2D eigenvalue weighted by atomic mass is 10.0. The molecule has 1 atom stereocenters. The van der Waals surface area contributed by atoms with Gasteiger partial charge in [-0.25, -0.2) is 4.79 Å². The predicted molar refractivity (Wildman–Crippen MR) is 121 cm³/mol. The van der Waals surface area contributed by atoms with E-state index >= 15 is 0 Å². The fourth-order valence-corrected chi connectivity index (χ4v) is 3.11. The van der Waals surface area contributed by atoms with Crippen LogP contribution in [0.4, 0.5) is 5.69 Å². The van der Waals surface area contributed by atoms with Crippen molar-refractivity contribution in [1.29, 1.82) is 0 Å². The third-order valence-electron chi connectivity index (χ3n) is 4.61. The lowest BCUT2D eigenvalue weighted by Crippen LogP contribution is -2.46. The van der Waals surface area contributed by atoms with E-state index in [0.717, 1.165) is 0 Å². The molecule has 170 valence electrons. The van der Waals surface area contributed by atoms with Gasteiger partial charge in [0, 0.05) is 18.7 Å². The maximum atomic E-state index is 12.7. The summed E-state index contributed by atoms with van der Waals surface area (Å²) in [5, 5.41) is 2.87. The predicted octanol–water partition coefficient (Wildman–Crippen LogP) is 2.55. The summed E-state index contributed by atoms with van der Waals surface area (Å²) in [5.74, 6) is -2.66. The molecule has 3 N–H and O–H groups in total. The molecule has 0 aliphatic carbocycles. The summed E-state index contributed by atoms with van der Waals surface area (Å²) in [6.45, 7) is 2.97. The van der Waals surface area contributed by atoms with Crippen LogP contribution in [0, 0.1) is 5.92 Å². The Balaban J connectivity index is 2.05. The molecule has 2 aromatic rings. The molecule has 2 rings (SSSR count). The number of benzene rings is 2. The van der Waals surface area contributed by atoms with Crippen LogP contribution in [0.1, 0.15) is 30.6 Å². The van der Waals surface area contributed by atoms with Crippen LogP contribution >= 0.6 is 11.6 Å². The van der Waals surface area contributed by atoms with Gasteiger partial charge < -0.3 is 20.7 Å². The van der Waals surface area contributed by atoms with Gasteiger partial charge in [-0.1, -0.05) is 55.8 Å². The van der Waals surface area contributed by atoms with Crippen LogP contribution < -0.4 is 16.0 Å². The van der Waals surface area contributed by atoms with Crippen molar-refractivity contribution in [3.05, 3.63) is 65.2 Å². The number of carbonyl (C=O) groups excluding carboxylic acids is 4. The maximum absolute atomic E-state index is 12.7. The van der Waals surface area contributed by atoms with Crippen molar-refractivity contribution >= 4 is 41.0 Å². The van der Waals surface area contributed by atoms with E-state index < -0.39 is 36.3 Å². The van der Waals surface area contributed by atoms with Gasteiger partial charge in [-0.3, -0.25) is 14.4 Å². The number of para-hydroxylation sites is 1. The van der Waals surface area contributed by atoms with E-state index in [1.165, 1.54) is 4.90 Å². The second-order valence-electron chi connectivity index (χ2n) is 7.38. The Labute approximate surface area is 191 Å². The minimum Gasteiger partial charge on any atom is -0.454 e. The molecule has 0 aliphatic heterocycles. The molecule has 0 heterocycles. The van der Waals surface area contributed by atoms with Gasteiger partial charge in [0.1, 0.15) is 6.04 Å². The van der Waals surface area contributed by atoms with Crippen molar-refractivity contribution in [3.8, 4) is 0 Å². The van der Waals surface area contributed by atoms with E-state index in [2.05, 4.69) is 5.32 Å². The van der Waals surface area contributed by atoms with Crippen molar-refractivity contribution in [1.82, 2.24) is 5.32 Å². The first-order chi connectivity index (χ1) is 15.2. The molecule has 32 heavy (non-hydrogen) atoms. The van der Waals surface area contributed by atoms with Crippen molar-refractivity contribution < 1.29 is 23.9 Å². The molecule has 0 spiro atoms. The zero-order valence-corrected chi connectivity index (χ0v) is 18.7. The second-order valence-corrected chi connectivity index (χ2v) is 7.79. The molecule has 9 heteroatoms. The van der Waals surface area contributed by atoms with E-state index in [-0.39, 0.29) is 29.5 Å². The molecular formula is C23H26ClN3O5. The van der Waals surface area contributed by atoms with E-state index in [4.69, 9.17) is 22.1 Å². The van der Waals surface area contributed by atoms with Crippen LogP contribution in [-0.4, -0.2) is 42.9 Å². The van der Waals surface area contributed by atoms with E-state index in [1.54, 1.807) is 68.4 Å². The summed E-state index contributed by atoms with van der Waals surface area (Å²) in [4.78, 5) is 50.4. The number of hydrogen-bond acceptors (Lipinski definition) is 5. The smallest absolute Gasteiger partial charge is 0.329 e. The number of rotatable bonds is 10. The highest BCUT2D eigenvalue weighted by Crippen LogP contribution is 2.17. The molecule has 0 unspecified atom stereocenters. The van der Waals surface area contributed by atoms with E-state index in [0.29, 0.717) is 5.69 Å².